The third-order valence-electron chi connectivity index (χ3n) is 1.53. The van der Waals surface area contributed by atoms with Crippen LogP contribution >= 0.6 is 0 Å². The van der Waals surface area contributed by atoms with Gasteiger partial charge in [-0.2, -0.15) is 0 Å². The van der Waals surface area contributed by atoms with Crippen LogP contribution in [0.1, 0.15) is 13.3 Å². The van der Waals surface area contributed by atoms with Crippen LogP contribution in [-0.2, 0) is 19.1 Å². The van der Waals surface area contributed by atoms with Gasteiger partial charge in [-0.15, -0.1) is 0 Å². The largest absolute Gasteiger partial charge is 0.480 e. The number of ether oxygens (including phenoxy) is 1. The number of carboxylic acids is 1. The Morgan fingerprint density at radius 2 is 2.07 bits per heavy atom. The molecule has 2 N–H and O–H groups in total. The first-order valence-electron chi connectivity index (χ1n) is 4.24. The van der Waals surface area contributed by atoms with Gasteiger partial charge in [0.05, 0.1) is 13.5 Å². The zero-order chi connectivity index (χ0) is 11.8. The van der Waals surface area contributed by atoms with Gasteiger partial charge in [-0.1, -0.05) is 6.08 Å². The minimum Gasteiger partial charge on any atom is -0.480 e. The summed E-state index contributed by atoms with van der Waals surface area (Å²) in [6, 6.07) is -1.26. The fourth-order valence-electron chi connectivity index (χ4n) is 0.821. The summed E-state index contributed by atoms with van der Waals surface area (Å²) in [6.07, 6.45) is 2.24. The highest BCUT2D eigenvalue weighted by molar-refractivity contribution is 5.92. The maximum absolute atomic E-state index is 11.0. The van der Waals surface area contributed by atoms with Crippen LogP contribution in [-0.4, -0.2) is 36.1 Å². The standard InChI is InChI=1S/C9H13NO5/c1-3-4-7(11)10-6(9(13)14)5-8(12)15-2/h3-4,6H,5H2,1-2H3,(H,10,11)(H,13,14)/t6-/m0/s1. The van der Waals surface area contributed by atoms with E-state index in [9.17, 15) is 14.4 Å². The number of esters is 1. The fourth-order valence-corrected chi connectivity index (χ4v) is 0.821. The van der Waals surface area contributed by atoms with Crippen molar-refractivity contribution in [2.45, 2.75) is 19.4 Å². The number of allylic oxidation sites excluding steroid dienone is 1. The summed E-state index contributed by atoms with van der Waals surface area (Å²) < 4.78 is 4.30. The van der Waals surface area contributed by atoms with Gasteiger partial charge in [-0.25, -0.2) is 4.79 Å². The van der Waals surface area contributed by atoms with E-state index in [1.807, 2.05) is 0 Å². The predicted molar refractivity (Wildman–Crippen MR) is 51.0 cm³/mol. The SMILES string of the molecule is CC=CC(=O)N[C@@H](CC(=O)OC)C(=O)O. The van der Waals surface area contributed by atoms with Crippen LogP contribution in [0.25, 0.3) is 0 Å². The summed E-state index contributed by atoms with van der Waals surface area (Å²) in [7, 11) is 1.15. The lowest BCUT2D eigenvalue weighted by Crippen LogP contribution is -2.41. The van der Waals surface area contributed by atoms with Gasteiger partial charge in [0.15, 0.2) is 0 Å². The van der Waals surface area contributed by atoms with Gasteiger partial charge in [-0.3, -0.25) is 9.59 Å². The van der Waals surface area contributed by atoms with E-state index >= 15 is 0 Å². The second-order valence-electron chi connectivity index (χ2n) is 2.68. The van der Waals surface area contributed by atoms with E-state index in [2.05, 4.69) is 10.1 Å². The fraction of sp³-hybridized carbons (Fsp3) is 0.444. The number of rotatable bonds is 5. The first-order valence-corrected chi connectivity index (χ1v) is 4.24. The first-order chi connectivity index (χ1) is 7.01. The van der Waals surface area contributed by atoms with E-state index < -0.39 is 30.3 Å². The Morgan fingerprint density at radius 3 is 2.47 bits per heavy atom. The highest BCUT2D eigenvalue weighted by Gasteiger charge is 2.22. The molecular formula is C9H13NO5. The number of hydrogen-bond donors (Lipinski definition) is 2. The van der Waals surface area contributed by atoms with Crippen molar-refractivity contribution in [2.75, 3.05) is 7.11 Å². The molecule has 15 heavy (non-hydrogen) atoms. The van der Waals surface area contributed by atoms with E-state index in [1.165, 1.54) is 12.2 Å². The first kappa shape index (κ1) is 13.2. The number of amides is 1. The van der Waals surface area contributed by atoms with Crippen LogP contribution in [0.2, 0.25) is 0 Å². The Hall–Kier alpha value is -1.85. The van der Waals surface area contributed by atoms with E-state index in [4.69, 9.17) is 5.11 Å². The lowest BCUT2D eigenvalue weighted by atomic mass is 10.2. The van der Waals surface area contributed by atoms with Gasteiger partial charge in [0, 0.05) is 0 Å². The molecule has 84 valence electrons. The summed E-state index contributed by atoms with van der Waals surface area (Å²) >= 11 is 0. The summed E-state index contributed by atoms with van der Waals surface area (Å²) in [5.74, 6) is -2.53. The van der Waals surface area contributed by atoms with Crippen molar-refractivity contribution in [3.05, 3.63) is 12.2 Å². The Kier molecular flexibility index (Phi) is 5.77. The van der Waals surface area contributed by atoms with Gasteiger partial charge in [0.1, 0.15) is 6.04 Å². The summed E-state index contributed by atoms with van der Waals surface area (Å²) in [5.41, 5.74) is 0. The number of carboxylic acid groups (broad SMARTS) is 1. The molecule has 6 heteroatoms. The lowest BCUT2D eigenvalue weighted by molar-refractivity contribution is -0.148. The number of carbonyl (C=O) groups excluding carboxylic acids is 2. The predicted octanol–water partition coefficient (Wildman–Crippen LogP) is -0.305. The maximum atomic E-state index is 11.0. The van der Waals surface area contributed by atoms with Crippen molar-refractivity contribution in [3.63, 3.8) is 0 Å². The molecule has 0 aromatic carbocycles. The second kappa shape index (κ2) is 6.58. The van der Waals surface area contributed by atoms with E-state index in [0.717, 1.165) is 7.11 Å². The lowest BCUT2D eigenvalue weighted by Gasteiger charge is -2.11. The molecule has 0 saturated carbocycles. The van der Waals surface area contributed by atoms with Gasteiger partial charge < -0.3 is 15.2 Å². The topological polar surface area (TPSA) is 92.7 Å². The third-order valence-corrected chi connectivity index (χ3v) is 1.53. The number of methoxy groups -OCH3 is 1. The number of aliphatic carboxylic acids is 1. The van der Waals surface area contributed by atoms with Crippen LogP contribution in [0.3, 0.4) is 0 Å². The van der Waals surface area contributed by atoms with Crippen molar-refractivity contribution in [1.82, 2.24) is 5.32 Å². The average Bonchev–Trinajstić information content (AvgIpc) is 2.16. The van der Waals surface area contributed by atoms with E-state index in [1.54, 1.807) is 6.92 Å². The molecule has 0 fully saturated rings. The molecule has 1 amide bonds. The van der Waals surface area contributed by atoms with Crippen molar-refractivity contribution >= 4 is 17.8 Å². The minimum absolute atomic E-state index is 0.394. The van der Waals surface area contributed by atoms with Crippen molar-refractivity contribution in [3.8, 4) is 0 Å². The molecule has 6 nitrogen and oxygen atoms in total. The molecule has 0 aromatic heterocycles. The van der Waals surface area contributed by atoms with Gasteiger partial charge in [0.25, 0.3) is 0 Å². The Morgan fingerprint density at radius 1 is 1.47 bits per heavy atom. The molecule has 0 aliphatic heterocycles. The molecule has 0 spiro atoms. The zero-order valence-electron chi connectivity index (χ0n) is 8.52. The highest BCUT2D eigenvalue weighted by Crippen LogP contribution is 1.95. The molecule has 0 radical (unpaired) electrons. The second-order valence-corrected chi connectivity index (χ2v) is 2.68. The molecule has 0 bridgehead atoms. The summed E-state index contributed by atoms with van der Waals surface area (Å²) in [6.45, 7) is 1.62. The normalized spacial score (nSPS) is 12.1. The molecule has 0 rings (SSSR count). The van der Waals surface area contributed by atoms with Crippen molar-refractivity contribution in [2.24, 2.45) is 0 Å². The van der Waals surface area contributed by atoms with Crippen LogP contribution in [0.15, 0.2) is 12.2 Å². The molecule has 0 unspecified atom stereocenters. The van der Waals surface area contributed by atoms with Gasteiger partial charge >= 0.3 is 11.9 Å². The summed E-state index contributed by atoms with van der Waals surface area (Å²) in [4.78, 5) is 32.5. The van der Waals surface area contributed by atoms with Gasteiger partial charge in [0.2, 0.25) is 5.91 Å². The maximum Gasteiger partial charge on any atom is 0.326 e. The zero-order valence-corrected chi connectivity index (χ0v) is 8.52. The molecular weight excluding hydrogens is 202 g/mol. The van der Waals surface area contributed by atoms with Crippen LogP contribution in [0.4, 0.5) is 0 Å². The summed E-state index contributed by atoms with van der Waals surface area (Å²) in [5, 5.41) is 10.8. The van der Waals surface area contributed by atoms with E-state index in [-0.39, 0.29) is 0 Å². The van der Waals surface area contributed by atoms with Crippen LogP contribution in [0, 0.1) is 0 Å². The van der Waals surface area contributed by atoms with Crippen molar-refractivity contribution < 1.29 is 24.2 Å². The quantitative estimate of drug-likeness (QED) is 0.485. The van der Waals surface area contributed by atoms with Gasteiger partial charge in [-0.05, 0) is 13.0 Å². The monoisotopic (exact) mass is 215 g/mol. The Balaban J connectivity index is 4.35. The molecule has 1 atom stereocenters. The number of nitrogens with one attached hydrogen (secondary N) is 1. The van der Waals surface area contributed by atoms with Crippen LogP contribution in [0.5, 0.6) is 0 Å². The molecule has 0 aliphatic rings. The third kappa shape index (κ3) is 5.45. The molecule has 0 aromatic rings. The van der Waals surface area contributed by atoms with Crippen molar-refractivity contribution in [1.29, 1.82) is 0 Å². The highest BCUT2D eigenvalue weighted by atomic mass is 16.5. The smallest absolute Gasteiger partial charge is 0.326 e. The molecule has 0 aliphatic carbocycles. The van der Waals surface area contributed by atoms with E-state index in [0.29, 0.717) is 0 Å². The Bertz CT molecular complexity index is 284. The molecule has 0 saturated heterocycles. The number of hydrogen-bond acceptors (Lipinski definition) is 4. The number of carbonyl (C=O) groups is 3. The minimum atomic E-state index is -1.28. The van der Waals surface area contributed by atoms with Crippen LogP contribution < -0.4 is 5.32 Å². The molecule has 0 heterocycles. The average molecular weight is 215 g/mol. The Labute approximate surface area is 86.9 Å².